The summed E-state index contributed by atoms with van der Waals surface area (Å²) in [5.74, 6) is 4.85. The number of nitrogens with one attached hydrogen (secondary N) is 1. The molecule has 8 nitrogen and oxygen atoms in total. The molecule has 1 amide bonds. The number of carbonyl (C=O) groups is 1. The van der Waals surface area contributed by atoms with Crippen LogP contribution in [0.3, 0.4) is 0 Å². The highest BCUT2D eigenvalue weighted by Crippen LogP contribution is 2.33. The van der Waals surface area contributed by atoms with Gasteiger partial charge in [-0.25, -0.2) is 4.99 Å². The quantitative estimate of drug-likeness (QED) is 0.188. The maximum Gasteiger partial charge on any atom is 0.269 e. The topological polar surface area (TPSA) is 111 Å². The van der Waals surface area contributed by atoms with Gasteiger partial charge in [0.25, 0.3) is 10.2 Å². The van der Waals surface area contributed by atoms with Crippen LogP contribution in [0.2, 0.25) is 0 Å². The number of methoxy groups -OCH3 is 2. The maximum atomic E-state index is 12.7. The third kappa shape index (κ3) is 4.87. The number of aliphatic imine (C=N–C) groups is 1. The molecule has 0 saturated carbocycles. The minimum absolute atomic E-state index is 0.328. The maximum absolute atomic E-state index is 12.7. The van der Waals surface area contributed by atoms with Gasteiger partial charge < -0.3 is 20.6 Å². The number of para-hydroxylation sites is 4. The van der Waals surface area contributed by atoms with Crippen LogP contribution in [0, 0.1) is 0 Å². The fourth-order valence-electron chi connectivity index (χ4n) is 2.10. The Bertz CT molecular complexity index is 871. The molecule has 0 saturated heterocycles. The summed E-state index contributed by atoms with van der Waals surface area (Å²) in [5, 5.41) is 9.34. The van der Waals surface area contributed by atoms with Crippen molar-refractivity contribution in [2.75, 3.05) is 19.5 Å². The van der Waals surface area contributed by atoms with E-state index in [2.05, 4.69) is 20.6 Å². The first-order valence-electron chi connectivity index (χ1n) is 7.59. The zero-order valence-electron chi connectivity index (χ0n) is 14.5. The second kappa shape index (κ2) is 9.20. The number of nitrogens with zero attached hydrogens (tertiary/aromatic N) is 3. The van der Waals surface area contributed by atoms with Gasteiger partial charge in [-0.2, -0.15) is 0 Å². The summed E-state index contributed by atoms with van der Waals surface area (Å²) in [5.41, 5.74) is 0.718. The summed E-state index contributed by atoms with van der Waals surface area (Å²) < 4.78 is 8.20. The Morgan fingerprint density at radius 3 is 2.26 bits per heavy atom. The second-order valence-corrected chi connectivity index (χ2v) is 6.38. The SMILES string of the molecule is COc1ccccc1N=C(N=NN)C(Cl)(Cl)C(=O)Nc1ccccc1OC. The van der Waals surface area contributed by atoms with Crippen molar-refractivity contribution in [3.63, 3.8) is 0 Å². The van der Waals surface area contributed by atoms with Gasteiger partial charge in [-0.05, 0) is 24.3 Å². The molecule has 0 heterocycles. The molecule has 2 aromatic rings. The summed E-state index contributed by atoms with van der Waals surface area (Å²) in [6.07, 6.45) is 0. The highest BCUT2D eigenvalue weighted by atomic mass is 35.5. The van der Waals surface area contributed by atoms with Crippen molar-refractivity contribution >= 4 is 46.3 Å². The number of halogens is 2. The summed E-state index contributed by atoms with van der Waals surface area (Å²) in [6, 6.07) is 13.5. The van der Waals surface area contributed by atoms with Crippen LogP contribution in [0.4, 0.5) is 11.4 Å². The molecular formula is C17H17Cl2N5O3. The van der Waals surface area contributed by atoms with E-state index >= 15 is 0 Å². The number of amides is 1. The van der Waals surface area contributed by atoms with Crippen molar-refractivity contribution in [1.82, 2.24) is 0 Å². The monoisotopic (exact) mass is 409 g/mol. The molecule has 0 aliphatic carbocycles. The highest BCUT2D eigenvalue weighted by molar-refractivity contribution is 6.69. The van der Waals surface area contributed by atoms with Crippen molar-refractivity contribution in [1.29, 1.82) is 0 Å². The average Bonchev–Trinajstić information content (AvgIpc) is 2.68. The molecule has 0 bridgehead atoms. The molecule has 0 aliphatic rings. The molecule has 0 radical (unpaired) electrons. The van der Waals surface area contributed by atoms with Crippen LogP contribution in [-0.4, -0.2) is 30.3 Å². The van der Waals surface area contributed by atoms with Gasteiger partial charge in [0, 0.05) is 0 Å². The van der Waals surface area contributed by atoms with Gasteiger partial charge in [0.2, 0.25) is 0 Å². The van der Waals surface area contributed by atoms with Gasteiger partial charge in [-0.1, -0.05) is 52.7 Å². The molecule has 27 heavy (non-hydrogen) atoms. The lowest BCUT2D eigenvalue weighted by atomic mass is 10.2. The van der Waals surface area contributed by atoms with E-state index in [1.165, 1.54) is 14.2 Å². The number of alkyl halides is 2. The van der Waals surface area contributed by atoms with Crippen molar-refractivity contribution < 1.29 is 14.3 Å². The normalized spacial score (nSPS) is 12.1. The fraction of sp³-hybridized carbons (Fsp3) is 0.176. The van der Waals surface area contributed by atoms with E-state index in [0.29, 0.717) is 22.9 Å². The minimum Gasteiger partial charge on any atom is -0.495 e. The Balaban J connectivity index is 2.39. The third-order valence-electron chi connectivity index (χ3n) is 3.39. The number of nitrogens with two attached hydrogens (primary N) is 1. The summed E-state index contributed by atoms with van der Waals surface area (Å²) in [4.78, 5) is 16.9. The van der Waals surface area contributed by atoms with Crippen molar-refractivity contribution in [2.24, 2.45) is 21.2 Å². The molecule has 0 atom stereocenters. The Morgan fingerprint density at radius 2 is 1.63 bits per heavy atom. The van der Waals surface area contributed by atoms with Gasteiger partial charge in [0.05, 0.1) is 19.9 Å². The van der Waals surface area contributed by atoms with Crippen LogP contribution in [0.25, 0.3) is 0 Å². The van der Waals surface area contributed by atoms with E-state index in [0.717, 1.165) is 0 Å². The molecule has 0 aliphatic heterocycles. The minimum atomic E-state index is -2.19. The Kier molecular flexibility index (Phi) is 6.98. The predicted octanol–water partition coefficient (Wildman–Crippen LogP) is 3.87. The number of rotatable bonds is 6. The average molecular weight is 410 g/mol. The zero-order valence-corrected chi connectivity index (χ0v) is 16.0. The molecular weight excluding hydrogens is 393 g/mol. The van der Waals surface area contributed by atoms with Crippen LogP contribution < -0.4 is 20.6 Å². The second-order valence-electron chi connectivity index (χ2n) is 5.05. The number of hydrogen-bond acceptors (Lipinski definition) is 5. The van der Waals surface area contributed by atoms with Crippen LogP contribution >= 0.6 is 23.2 Å². The molecule has 0 spiro atoms. The Morgan fingerprint density at radius 1 is 1.04 bits per heavy atom. The summed E-state index contributed by atoms with van der Waals surface area (Å²) in [7, 11) is 2.94. The number of carbonyl (C=O) groups excluding carboxylic acids is 1. The number of hydrogen-bond donors (Lipinski definition) is 2. The van der Waals surface area contributed by atoms with Crippen LogP contribution in [0.1, 0.15) is 0 Å². The number of benzene rings is 2. The van der Waals surface area contributed by atoms with Gasteiger partial charge >= 0.3 is 0 Å². The number of ether oxygens (including phenoxy) is 2. The molecule has 0 fully saturated rings. The molecule has 3 N–H and O–H groups in total. The third-order valence-corrected chi connectivity index (χ3v) is 4.07. The fourth-order valence-corrected chi connectivity index (χ4v) is 2.35. The summed E-state index contributed by atoms with van der Waals surface area (Å²) in [6.45, 7) is 0. The van der Waals surface area contributed by atoms with E-state index in [1.807, 2.05) is 0 Å². The first-order chi connectivity index (χ1) is 12.9. The van der Waals surface area contributed by atoms with Crippen molar-refractivity contribution in [3.8, 4) is 11.5 Å². The molecule has 10 heteroatoms. The smallest absolute Gasteiger partial charge is 0.269 e. The standard InChI is InChI=1S/C17H17Cl2N5O3/c1-26-13-9-5-3-7-11(13)21-15(23-24-20)17(18,19)16(25)22-12-8-4-6-10-14(12)27-2/h3-10H,1-2H3,(H,22,25)(H2,20,21,23). The number of amidine groups is 1. The summed E-state index contributed by atoms with van der Waals surface area (Å²) >= 11 is 12.5. The van der Waals surface area contributed by atoms with E-state index in [-0.39, 0.29) is 5.84 Å². The van der Waals surface area contributed by atoms with E-state index in [1.54, 1.807) is 48.5 Å². The van der Waals surface area contributed by atoms with Gasteiger partial charge in [-0.3, -0.25) is 4.79 Å². The van der Waals surface area contributed by atoms with Crippen LogP contribution in [0.15, 0.2) is 63.9 Å². The molecule has 0 unspecified atom stereocenters. The highest BCUT2D eigenvalue weighted by Gasteiger charge is 2.41. The van der Waals surface area contributed by atoms with Gasteiger partial charge in [0.15, 0.2) is 5.84 Å². The molecule has 142 valence electrons. The van der Waals surface area contributed by atoms with E-state index < -0.39 is 10.2 Å². The molecule has 2 aromatic carbocycles. The van der Waals surface area contributed by atoms with E-state index in [4.69, 9.17) is 38.5 Å². The lowest BCUT2D eigenvalue weighted by Gasteiger charge is -2.19. The first kappa shape index (κ1) is 20.5. The molecule has 0 aromatic heterocycles. The number of anilines is 1. The first-order valence-corrected chi connectivity index (χ1v) is 8.35. The van der Waals surface area contributed by atoms with Crippen LogP contribution in [0.5, 0.6) is 11.5 Å². The van der Waals surface area contributed by atoms with Crippen molar-refractivity contribution in [3.05, 3.63) is 48.5 Å². The Hall–Kier alpha value is -2.84. The zero-order chi connectivity index (χ0) is 19.9. The van der Waals surface area contributed by atoms with Gasteiger partial charge in [-0.15, -0.1) is 5.11 Å². The van der Waals surface area contributed by atoms with Gasteiger partial charge in [0.1, 0.15) is 17.2 Å². The van der Waals surface area contributed by atoms with Crippen molar-refractivity contribution in [2.45, 2.75) is 4.33 Å². The van der Waals surface area contributed by atoms with Crippen LogP contribution in [-0.2, 0) is 4.79 Å². The Labute approximate surface area is 166 Å². The predicted molar refractivity (Wildman–Crippen MR) is 105 cm³/mol. The lowest BCUT2D eigenvalue weighted by molar-refractivity contribution is -0.115. The van der Waals surface area contributed by atoms with E-state index in [9.17, 15) is 4.79 Å². The lowest BCUT2D eigenvalue weighted by Crippen LogP contribution is -2.39. The molecule has 2 rings (SSSR count). The largest absolute Gasteiger partial charge is 0.495 e.